The van der Waals surface area contributed by atoms with Gasteiger partial charge in [0.25, 0.3) is 0 Å². The van der Waals surface area contributed by atoms with Gasteiger partial charge in [-0.15, -0.1) is 0 Å². The summed E-state index contributed by atoms with van der Waals surface area (Å²) in [6, 6.07) is 8.16. The van der Waals surface area contributed by atoms with E-state index in [1.54, 1.807) is 0 Å². The van der Waals surface area contributed by atoms with Gasteiger partial charge in [-0.1, -0.05) is 11.2 Å². The fraction of sp³-hybridized carbons (Fsp3) is 0.231. The third-order valence-corrected chi connectivity index (χ3v) is 3.24. The van der Waals surface area contributed by atoms with E-state index in [4.69, 9.17) is 16.7 Å². The number of rotatable bonds is 2. The summed E-state index contributed by atoms with van der Waals surface area (Å²) >= 11 is 5.35. The summed E-state index contributed by atoms with van der Waals surface area (Å²) in [5, 5.41) is 3.89. The van der Waals surface area contributed by atoms with Gasteiger partial charge in [0, 0.05) is 6.07 Å². The van der Waals surface area contributed by atoms with E-state index in [1.165, 1.54) is 5.56 Å². The van der Waals surface area contributed by atoms with E-state index in [1.807, 2.05) is 17.6 Å². The van der Waals surface area contributed by atoms with E-state index >= 15 is 0 Å². The third kappa shape index (κ3) is 1.86. The molecular weight excluding hydrogens is 246 g/mol. The lowest BCUT2D eigenvalue weighted by Crippen LogP contribution is -1.98. The van der Waals surface area contributed by atoms with Crippen LogP contribution in [0.25, 0.3) is 11.0 Å². The average Bonchev–Trinajstić information content (AvgIpc) is 2.84. The van der Waals surface area contributed by atoms with Crippen molar-refractivity contribution in [3.63, 3.8) is 0 Å². The highest BCUT2D eigenvalue weighted by Gasteiger charge is 2.08. The first-order valence-corrected chi connectivity index (χ1v) is 6.16. The Kier molecular flexibility index (Phi) is 2.56. The fourth-order valence-electron chi connectivity index (χ4n) is 2.08. The third-order valence-electron chi connectivity index (χ3n) is 2.92. The predicted octanol–water partition coefficient (Wildman–Crippen LogP) is 3.35. The van der Waals surface area contributed by atoms with E-state index in [-0.39, 0.29) is 0 Å². The molecule has 0 aliphatic rings. The van der Waals surface area contributed by atoms with Gasteiger partial charge in [-0.05, 0) is 43.8 Å². The number of H-pyrrole nitrogens is 1. The highest BCUT2D eigenvalue weighted by molar-refractivity contribution is 7.71. The first-order chi connectivity index (χ1) is 8.63. The van der Waals surface area contributed by atoms with E-state index in [2.05, 4.69) is 35.3 Å². The summed E-state index contributed by atoms with van der Waals surface area (Å²) < 4.78 is 7.95. The summed E-state index contributed by atoms with van der Waals surface area (Å²) in [5.74, 6) is 0.810. The molecule has 4 nitrogen and oxygen atoms in total. The maximum Gasteiger partial charge on any atom is 0.178 e. The number of aromatic amines is 1. The van der Waals surface area contributed by atoms with E-state index in [9.17, 15) is 0 Å². The molecule has 0 fully saturated rings. The second kappa shape index (κ2) is 4.10. The molecule has 18 heavy (non-hydrogen) atoms. The molecule has 0 amide bonds. The molecule has 0 unspecified atom stereocenters. The van der Waals surface area contributed by atoms with Crippen LogP contribution >= 0.6 is 12.2 Å². The Hall–Kier alpha value is -1.88. The molecule has 92 valence electrons. The van der Waals surface area contributed by atoms with Crippen molar-refractivity contribution in [3.8, 4) is 0 Å². The van der Waals surface area contributed by atoms with Crippen LogP contribution in [0, 0.1) is 18.6 Å². The minimum absolute atomic E-state index is 0.600. The SMILES string of the molecule is Cc1ccc2c(c1)[nH]c(=S)n2Cc1cc(C)no1. The molecular formula is C13H13N3OS. The summed E-state index contributed by atoms with van der Waals surface area (Å²) in [4.78, 5) is 3.21. The van der Waals surface area contributed by atoms with E-state index in [0.717, 1.165) is 22.5 Å². The molecule has 0 bridgehead atoms. The number of fused-ring (bicyclic) bond motifs is 1. The topological polar surface area (TPSA) is 46.8 Å². The van der Waals surface area contributed by atoms with Crippen LogP contribution < -0.4 is 0 Å². The Morgan fingerprint density at radius 3 is 2.89 bits per heavy atom. The largest absolute Gasteiger partial charge is 0.359 e. The van der Waals surface area contributed by atoms with Crippen molar-refractivity contribution < 1.29 is 4.52 Å². The zero-order chi connectivity index (χ0) is 12.7. The van der Waals surface area contributed by atoms with Crippen molar-refractivity contribution in [2.75, 3.05) is 0 Å². The lowest BCUT2D eigenvalue weighted by Gasteiger charge is -2.01. The van der Waals surface area contributed by atoms with Crippen LogP contribution in [0.4, 0.5) is 0 Å². The molecule has 5 heteroatoms. The lowest BCUT2D eigenvalue weighted by molar-refractivity contribution is 0.373. The van der Waals surface area contributed by atoms with Gasteiger partial charge in [0.1, 0.15) is 0 Å². The van der Waals surface area contributed by atoms with Gasteiger partial charge in [0.15, 0.2) is 10.5 Å². The molecule has 1 aromatic carbocycles. The number of nitrogens with one attached hydrogen (secondary N) is 1. The fourth-order valence-corrected chi connectivity index (χ4v) is 2.35. The molecule has 0 aliphatic heterocycles. The molecule has 2 aromatic heterocycles. The van der Waals surface area contributed by atoms with Crippen molar-refractivity contribution in [2.24, 2.45) is 0 Å². The summed E-state index contributed by atoms with van der Waals surface area (Å²) in [5.41, 5.74) is 4.23. The number of imidazole rings is 1. The van der Waals surface area contributed by atoms with Crippen molar-refractivity contribution in [3.05, 3.63) is 46.1 Å². The minimum Gasteiger partial charge on any atom is -0.359 e. The Balaban J connectivity index is 2.11. The van der Waals surface area contributed by atoms with Gasteiger partial charge in [-0.2, -0.15) is 0 Å². The molecule has 0 atom stereocenters. The van der Waals surface area contributed by atoms with Crippen LogP contribution in [-0.2, 0) is 6.54 Å². The van der Waals surface area contributed by atoms with Crippen molar-refractivity contribution >= 4 is 23.3 Å². The highest BCUT2D eigenvalue weighted by atomic mass is 32.1. The second-order valence-electron chi connectivity index (χ2n) is 4.47. The molecule has 0 spiro atoms. The van der Waals surface area contributed by atoms with Gasteiger partial charge in [-0.25, -0.2) is 0 Å². The molecule has 0 saturated carbocycles. The van der Waals surface area contributed by atoms with Crippen LogP contribution in [0.5, 0.6) is 0 Å². The van der Waals surface area contributed by atoms with Crippen molar-refractivity contribution in [1.29, 1.82) is 0 Å². The number of hydrogen-bond donors (Lipinski definition) is 1. The molecule has 0 aliphatic carbocycles. The molecule has 0 radical (unpaired) electrons. The normalized spacial score (nSPS) is 11.2. The van der Waals surface area contributed by atoms with E-state index < -0.39 is 0 Å². The molecule has 2 heterocycles. The number of nitrogens with zero attached hydrogens (tertiary/aromatic N) is 2. The van der Waals surface area contributed by atoms with Gasteiger partial charge in [0.05, 0.1) is 23.3 Å². The highest BCUT2D eigenvalue weighted by Crippen LogP contribution is 2.17. The molecule has 0 saturated heterocycles. The monoisotopic (exact) mass is 259 g/mol. The van der Waals surface area contributed by atoms with Crippen molar-refractivity contribution in [2.45, 2.75) is 20.4 Å². The first kappa shape index (κ1) is 11.2. The zero-order valence-corrected chi connectivity index (χ0v) is 11.0. The van der Waals surface area contributed by atoms with Gasteiger partial charge >= 0.3 is 0 Å². The number of aryl methyl sites for hydroxylation is 2. The summed E-state index contributed by atoms with van der Waals surface area (Å²) in [7, 11) is 0. The zero-order valence-electron chi connectivity index (χ0n) is 10.2. The van der Waals surface area contributed by atoms with Crippen LogP contribution in [0.15, 0.2) is 28.8 Å². The number of hydrogen-bond acceptors (Lipinski definition) is 3. The average molecular weight is 259 g/mol. The Morgan fingerprint density at radius 2 is 2.17 bits per heavy atom. The Morgan fingerprint density at radius 1 is 1.33 bits per heavy atom. The van der Waals surface area contributed by atoms with Crippen LogP contribution in [0.1, 0.15) is 17.0 Å². The van der Waals surface area contributed by atoms with Crippen LogP contribution in [0.2, 0.25) is 0 Å². The predicted molar refractivity (Wildman–Crippen MR) is 72.2 cm³/mol. The quantitative estimate of drug-likeness (QED) is 0.718. The van der Waals surface area contributed by atoms with Crippen LogP contribution in [0.3, 0.4) is 0 Å². The van der Waals surface area contributed by atoms with Crippen molar-refractivity contribution in [1.82, 2.24) is 14.7 Å². The Labute approximate surface area is 109 Å². The van der Waals surface area contributed by atoms with Crippen LogP contribution in [-0.4, -0.2) is 14.7 Å². The second-order valence-corrected chi connectivity index (χ2v) is 4.86. The maximum atomic E-state index is 5.35. The van der Waals surface area contributed by atoms with Gasteiger partial charge in [0.2, 0.25) is 0 Å². The number of benzene rings is 1. The van der Waals surface area contributed by atoms with E-state index in [0.29, 0.717) is 11.3 Å². The molecule has 1 N–H and O–H groups in total. The standard InChI is InChI=1S/C13H13N3OS/c1-8-3-4-12-11(5-8)14-13(18)16(12)7-10-6-9(2)15-17-10/h3-6H,7H2,1-2H3,(H,14,18). The van der Waals surface area contributed by atoms with Gasteiger partial charge in [-0.3, -0.25) is 0 Å². The summed E-state index contributed by atoms with van der Waals surface area (Å²) in [6.07, 6.45) is 0. The lowest BCUT2D eigenvalue weighted by atomic mass is 10.2. The summed E-state index contributed by atoms with van der Waals surface area (Å²) in [6.45, 7) is 4.57. The Bertz CT molecular complexity index is 766. The smallest absolute Gasteiger partial charge is 0.178 e. The minimum atomic E-state index is 0.600. The first-order valence-electron chi connectivity index (χ1n) is 5.75. The number of aromatic nitrogens is 3. The maximum absolute atomic E-state index is 5.35. The molecule has 3 aromatic rings. The molecule has 3 rings (SSSR count). The van der Waals surface area contributed by atoms with Gasteiger partial charge < -0.3 is 14.1 Å².